The van der Waals surface area contributed by atoms with Gasteiger partial charge in [-0.05, 0) is 73.1 Å². The second kappa shape index (κ2) is 10.5. The summed E-state index contributed by atoms with van der Waals surface area (Å²) in [6.07, 6.45) is 10.6. The molecule has 0 spiro atoms. The quantitative estimate of drug-likeness (QED) is 0.336. The van der Waals surface area contributed by atoms with Gasteiger partial charge in [-0.25, -0.2) is 0 Å². The average molecular weight is 394 g/mol. The van der Waals surface area contributed by atoms with E-state index in [9.17, 15) is 4.79 Å². The number of carbonyl (C=O) groups is 1. The summed E-state index contributed by atoms with van der Waals surface area (Å²) in [5.74, 6) is -0.121. The first-order valence-corrected chi connectivity index (χ1v) is 11.1. The van der Waals surface area contributed by atoms with E-state index in [1.165, 1.54) is 41.3 Å². The Labute approximate surface area is 175 Å². The van der Waals surface area contributed by atoms with Gasteiger partial charge >= 0.3 is 5.97 Å². The molecular formula is C26H35NO2. The van der Waals surface area contributed by atoms with E-state index < -0.39 is 0 Å². The Morgan fingerprint density at radius 2 is 1.76 bits per heavy atom. The Balaban J connectivity index is 1.42. The van der Waals surface area contributed by atoms with Gasteiger partial charge in [-0.2, -0.15) is 0 Å². The predicted octanol–water partition coefficient (Wildman–Crippen LogP) is 6.60. The molecule has 0 radical (unpaired) electrons. The molecule has 0 heterocycles. The molecule has 0 aromatic heterocycles. The normalized spacial score (nSPS) is 13.4. The third-order valence-corrected chi connectivity index (χ3v) is 5.76. The van der Waals surface area contributed by atoms with E-state index in [4.69, 9.17) is 4.74 Å². The minimum Gasteiger partial charge on any atom is -0.465 e. The van der Waals surface area contributed by atoms with Gasteiger partial charge in [0, 0.05) is 19.3 Å². The van der Waals surface area contributed by atoms with Crippen LogP contribution in [0.25, 0.3) is 16.8 Å². The van der Waals surface area contributed by atoms with Crippen LogP contribution in [-0.4, -0.2) is 26.2 Å². The summed E-state index contributed by atoms with van der Waals surface area (Å²) in [6, 6.07) is 13.6. The van der Waals surface area contributed by atoms with Crippen molar-refractivity contribution in [1.29, 1.82) is 0 Å². The van der Waals surface area contributed by atoms with E-state index in [1.54, 1.807) is 5.57 Å². The van der Waals surface area contributed by atoms with E-state index in [-0.39, 0.29) is 11.9 Å². The largest absolute Gasteiger partial charge is 0.465 e. The van der Waals surface area contributed by atoms with Crippen LogP contribution in [0.2, 0.25) is 0 Å². The Morgan fingerprint density at radius 1 is 1.03 bits per heavy atom. The van der Waals surface area contributed by atoms with Gasteiger partial charge in [-0.15, -0.1) is 0 Å². The van der Waals surface area contributed by atoms with Crippen LogP contribution in [0.5, 0.6) is 0 Å². The summed E-state index contributed by atoms with van der Waals surface area (Å²) >= 11 is 0. The highest BCUT2D eigenvalue weighted by molar-refractivity contribution is 5.88. The zero-order valence-corrected chi connectivity index (χ0v) is 18.2. The number of carbonyl (C=O) groups excluding carboxylic acids is 1. The van der Waals surface area contributed by atoms with Crippen LogP contribution in [0.3, 0.4) is 0 Å². The lowest BCUT2D eigenvalue weighted by Gasteiger charge is -2.20. The Bertz CT molecular complexity index is 847. The molecule has 0 atom stereocenters. The number of ether oxygens (including phenoxy) is 1. The Morgan fingerprint density at radius 3 is 2.48 bits per heavy atom. The Kier molecular flexibility index (Phi) is 7.74. The lowest BCUT2D eigenvalue weighted by atomic mass is 9.90. The monoisotopic (exact) mass is 393 g/mol. The van der Waals surface area contributed by atoms with Crippen molar-refractivity contribution in [3.63, 3.8) is 0 Å². The molecular weight excluding hydrogens is 358 g/mol. The van der Waals surface area contributed by atoms with Gasteiger partial charge in [0.1, 0.15) is 0 Å². The molecule has 0 amide bonds. The molecule has 0 saturated heterocycles. The number of nitrogens with zero attached hydrogens (tertiary/aromatic N) is 1. The highest BCUT2D eigenvalue weighted by atomic mass is 16.5. The highest BCUT2D eigenvalue weighted by Gasteiger charge is 2.09. The molecule has 0 N–H and O–H groups in total. The van der Waals surface area contributed by atoms with Crippen LogP contribution >= 0.6 is 0 Å². The summed E-state index contributed by atoms with van der Waals surface area (Å²) in [5, 5.41) is 2.61. The van der Waals surface area contributed by atoms with E-state index in [0.717, 1.165) is 32.2 Å². The predicted molar refractivity (Wildman–Crippen MR) is 123 cm³/mol. The molecule has 1 aliphatic rings. The average Bonchev–Trinajstić information content (AvgIpc) is 2.69. The molecule has 29 heavy (non-hydrogen) atoms. The first-order chi connectivity index (χ1) is 14.0. The van der Waals surface area contributed by atoms with E-state index in [1.807, 2.05) is 13.8 Å². The van der Waals surface area contributed by atoms with Crippen LogP contribution in [0, 0.1) is 5.92 Å². The number of esters is 1. The molecule has 0 aliphatic heterocycles. The minimum absolute atomic E-state index is 0.0306. The molecule has 3 nitrogen and oxygen atoms in total. The van der Waals surface area contributed by atoms with E-state index >= 15 is 0 Å². The first kappa shape index (κ1) is 21.4. The summed E-state index contributed by atoms with van der Waals surface area (Å²) in [5.41, 5.74) is 4.18. The number of allylic oxidation sites excluding steroid dienone is 1. The lowest BCUT2D eigenvalue weighted by molar-refractivity contribution is -0.147. The van der Waals surface area contributed by atoms with Gasteiger partial charge < -0.3 is 9.64 Å². The van der Waals surface area contributed by atoms with Crippen molar-refractivity contribution in [2.45, 2.75) is 58.8 Å². The number of rotatable bonds is 10. The zero-order chi connectivity index (χ0) is 20.6. The maximum absolute atomic E-state index is 11.4. The fourth-order valence-electron chi connectivity index (χ4n) is 3.61. The molecule has 1 aliphatic carbocycles. The van der Waals surface area contributed by atoms with Crippen molar-refractivity contribution in [3.8, 4) is 0 Å². The SMILES string of the molecule is CC(C)C(=O)OCCCCCCN(C)c1ccc2cc(C=C3CCC3)ccc2c1. The molecule has 3 rings (SSSR count). The Hall–Kier alpha value is -2.29. The zero-order valence-electron chi connectivity index (χ0n) is 18.2. The smallest absolute Gasteiger partial charge is 0.308 e. The second-order valence-corrected chi connectivity index (χ2v) is 8.60. The van der Waals surface area contributed by atoms with E-state index in [2.05, 4.69) is 54.4 Å². The highest BCUT2D eigenvalue weighted by Crippen LogP contribution is 2.29. The summed E-state index contributed by atoms with van der Waals surface area (Å²) in [6.45, 7) is 5.34. The van der Waals surface area contributed by atoms with Crippen LogP contribution in [0.15, 0.2) is 42.0 Å². The van der Waals surface area contributed by atoms with Gasteiger partial charge in [-0.1, -0.05) is 50.1 Å². The summed E-state index contributed by atoms with van der Waals surface area (Å²) < 4.78 is 5.23. The van der Waals surface area contributed by atoms with Crippen molar-refractivity contribution in [2.24, 2.45) is 5.92 Å². The lowest BCUT2D eigenvalue weighted by Crippen LogP contribution is -2.18. The van der Waals surface area contributed by atoms with Crippen LogP contribution in [0.1, 0.15) is 64.4 Å². The maximum Gasteiger partial charge on any atom is 0.308 e. The van der Waals surface area contributed by atoms with Crippen LogP contribution in [0.4, 0.5) is 5.69 Å². The third-order valence-electron chi connectivity index (χ3n) is 5.76. The molecule has 2 aromatic carbocycles. The fourth-order valence-corrected chi connectivity index (χ4v) is 3.61. The number of hydrogen-bond donors (Lipinski definition) is 0. The van der Waals surface area contributed by atoms with E-state index in [0.29, 0.717) is 6.61 Å². The van der Waals surface area contributed by atoms with Crippen molar-refractivity contribution in [2.75, 3.05) is 25.1 Å². The van der Waals surface area contributed by atoms with Crippen molar-refractivity contribution in [1.82, 2.24) is 0 Å². The van der Waals surface area contributed by atoms with Gasteiger partial charge in [0.25, 0.3) is 0 Å². The van der Waals surface area contributed by atoms with Crippen molar-refractivity contribution < 1.29 is 9.53 Å². The topological polar surface area (TPSA) is 29.5 Å². The number of fused-ring (bicyclic) bond motifs is 1. The van der Waals surface area contributed by atoms with Gasteiger partial charge in [-0.3, -0.25) is 4.79 Å². The van der Waals surface area contributed by atoms with Crippen molar-refractivity contribution in [3.05, 3.63) is 47.5 Å². The van der Waals surface area contributed by atoms with Crippen LogP contribution in [-0.2, 0) is 9.53 Å². The molecule has 0 bridgehead atoms. The minimum atomic E-state index is -0.0900. The van der Waals surface area contributed by atoms with Gasteiger partial charge in [0.05, 0.1) is 12.5 Å². The first-order valence-electron chi connectivity index (χ1n) is 11.1. The fraction of sp³-hybridized carbons (Fsp3) is 0.500. The number of unbranched alkanes of at least 4 members (excludes halogenated alkanes) is 3. The molecule has 1 saturated carbocycles. The molecule has 3 heteroatoms. The molecule has 1 fully saturated rings. The van der Waals surface area contributed by atoms with Crippen LogP contribution < -0.4 is 4.90 Å². The molecule has 2 aromatic rings. The standard InChI is InChI=1S/C26H35NO2/c1-20(2)26(28)29-16-7-5-4-6-15-27(3)25-14-13-23-18-22(11-12-24(23)19-25)17-21-9-8-10-21/h11-14,17-20H,4-10,15-16H2,1-3H3. The summed E-state index contributed by atoms with van der Waals surface area (Å²) in [4.78, 5) is 13.8. The van der Waals surface area contributed by atoms with Gasteiger partial charge in [0.2, 0.25) is 0 Å². The van der Waals surface area contributed by atoms with Gasteiger partial charge in [0.15, 0.2) is 0 Å². The second-order valence-electron chi connectivity index (χ2n) is 8.60. The third kappa shape index (κ3) is 6.35. The molecule has 0 unspecified atom stereocenters. The molecule has 156 valence electrons. The number of benzene rings is 2. The number of anilines is 1. The van der Waals surface area contributed by atoms with Crippen molar-refractivity contribution >= 4 is 28.5 Å². The summed E-state index contributed by atoms with van der Waals surface area (Å²) in [7, 11) is 2.17. The maximum atomic E-state index is 11.4. The number of hydrogen-bond acceptors (Lipinski definition) is 3.